The van der Waals surface area contributed by atoms with Gasteiger partial charge in [-0.3, -0.25) is 0 Å². The zero-order valence-electron chi connectivity index (χ0n) is 68.3. The Morgan fingerprint density at radius 1 is 0.119 bits per heavy atom. The minimum atomic E-state index is 0.634. The summed E-state index contributed by atoms with van der Waals surface area (Å²) in [6.07, 6.45) is 0. The largest absolute Gasteiger partial charge is 0.309 e. The summed E-state index contributed by atoms with van der Waals surface area (Å²) in [6.45, 7) is 0. The summed E-state index contributed by atoms with van der Waals surface area (Å²) >= 11 is 0. The fourth-order valence-corrected chi connectivity index (χ4v) is 20.4. The molecule has 26 rings (SSSR count). The van der Waals surface area contributed by atoms with Crippen LogP contribution in [0, 0.1) is 0 Å². The van der Waals surface area contributed by atoms with E-state index in [1.165, 1.54) is 98.0 Å². The van der Waals surface area contributed by atoms with Crippen molar-refractivity contribution < 1.29 is 0 Å². The van der Waals surface area contributed by atoms with Gasteiger partial charge in [0.15, 0.2) is 5.82 Å². The second kappa shape index (κ2) is 28.3. The maximum absolute atomic E-state index is 5.60. The number of nitrogens with zero attached hydrogens (tertiary/aromatic N) is 8. The molecule has 0 bridgehead atoms. The lowest BCUT2D eigenvalue weighted by Gasteiger charge is -2.13. The predicted octanol–water partition coefficient (Wildman–Crippen LogP) is 30.7. The number of para-hydroxylation sites is 8. The zero-order valence-corrected chi connectivity index (χ0v) is 68.3. The summed E-state index contributed by atoms with van der Waals surface area (Å²) in [5.74, 6) is 0.634. The van der Waals surface area contributed by atoms with E-state index in [1.54, 1.807) is 0 Å². The van der Waals surface area contributed by atoms with E-state index in [9.17, 15) is 0 Å². The Morgan fingerprint density at radius 2 is 0.325 bits per heavy atom. The molecule has 0 N–H and O–H groups in total. The summed E-state index contributed by atoms with van der Waals surface area (Å²) in [5, 5.41) is 14.4. The number of benzene rings is 19. The number of rotatable bonds is 13. The van der Waals surface area contributed by atoms with Gasteiger partial charge in [-0.25, -0.2) is 9.97 Å². The lowest BCUT2D eigenvalue weighted by Crippen LogP contribution is -1.98. The van der Waals surface area contributed by atoms with E-state index >= 15 is 0 Å². The van der Waals surface area contributed by atoms with E-state index < -0.39 is 0 Å². The lowest BCUT2D eigenvalue weighted by molar-refractivity contribution is 1.16. The molecule has 0 aliphatic carbocycles. The maximum atomic E-state index is 5.60. The molecule has 0 amide bonds. The van der Waals surface area contributed by atoms with Gasteiger partial charge in [-0.1, -0.05) is 237 Å². The molecule has 7 aromatic heterocycles. The summed E-state index contributed by atoms with van der Waals surface area (Å²) in [4.78, 5) is 11.1. The fourth-order valence-electron chi connectivity index (χ4n) is 20.4. The van der Waals surface area contributed by atoms with Crippen molar-refractivity contribution in [1.29, 1.82) is 0 Å². The first-order chi connectivity index (χ1) is 62.5. The van der Waals surface area contributed by atoms with E-state index in [2.05, 4.69) is 476 Å². The number of aromatic nitrogens is 8. The van der Waals surface area contributed by atoms with Crippen molar-refractivity contribution in [3.05, 3.63) is 449 Å². The third-order valence-corrected chi connectivity index (χ3v) is 26.2. The van der Waals surface area contributed by atoms with Crippen molar-refractivity contribution in [1.82, 2.24) is 37.4 Å². The van der Waals surface area contributed by atoms with Gasteiger partial charge in [0, 0.05) is 115 Å². The van der Waals surface area contributed by atoms with Crippen LogP contribution in [0.3, 0.4) is 0 Å². The van der Waals surface area contributed by atoms with Crippen LogP contribution < -0.4 is 0 Å². The molecule has 0 radical (unpaired) electrons. The molecule has 8 heteroatoms. The third-order valence-electron chi connectivity index (χ3n) is 26.2. The summed E-state index contributed by atoms with van der Waals surface area (Å²) in [6, 6.07) is 165. The molecule has 0 unspecified atom stereocenters. The first-order valence-corrected chi connectivity index (χ1v) is 43.2. The summed E-state index contributed by atoms with van der Waals surface area (Å²) < 4.78 is 14.4. The van der Waals surface area contributed by atoms with Crippen molar-refractivity contribution in [2.75, 3.05) is 0 Å². The van der Waals surface area contributed by atoms with Gasteiger partial charge in [0.2, 0.25) is 0 Å². The average molecular weight is 1600 g/mol. The van der Waals surface area contributed by atoms with Crippen LogP contribution in [0.25, 0.3) is 243 Å². The smallest absolute Gasteiger partial charge is 0.160 e. The van der Waals surface area contributed by atoms with Crippen LogP contribution in [0.1, 0.15) is 0 Å². The first kappa shape index (κ1) is 70.9. The average Bonchev–Trinajstić information content (AvgIpc) is 1.58. The van der Waals surface area contributed by atoms with E-state index in [4.69, 9.17) is 9.97 Å². The molecule has 26 aromatic rings. The number of fused-ring (bicyclic) bond motifs is 18. The van der Waals surface area contributed by atoms with Crippen LogP contribution in [-0.2, 0) is 0 Å². The van der Waals surface area contributed by atoms with Crippen molar-refractivity contribution in [2.45, 2.75) is 0 Å². The molecule has 0 saturated heterocycles. The minimum Gasteiger partial charge on any atom is -0.309 e. The first-order valence-electron chi connectivity index (χ1n) is 43.2. The van der Waals surface area contributed by atoms with E-state index in [1.807, 2.05) is 0 Å². The standard InChI is InChI=1S/C118H74N8/c1-6-25-75(26-7-1)104-74-105(85-27-24-36-91(65-85)126-116-63-53-83(79-49-59-112-98(68-79)94-39-18-22-43-108(94)123(112)88-32-12-4-13-33-88)72-102(116)103-73-84(54-64-117(103)126)80-50-60-113-99(69-80)95-40-19-23-44-109(95)124(113)89-34-14-5-15-35-89)120-118(119-104)76-45-55-90(56-46-76)125-114-61-51-81(77-47-57-110-96(66-77)92-37-16-20-41-106(92)121(110)86-28-8-2-9-29-86)70-100(114)101-71-82(52-62-115(101)125)78-48-58-111-97(67-78)93-38-17-21-42-107(93)122(111)87-30-10-3-11-31-87/h1-74H. The SMILES string of the molecule is c1ccc(-c2cc(-c3cccc(-n4c5ccc(-c6ccc7c(c6)c6ccccc6n7-c6ccccc6)cc5c5cc(-c6ccc7c(c6)c6ccccc6n7-c6ccccc6)ccc54)c3)nc(-c3ccc(-n4c5ccc(-c6ccc7c(c6)c6ccccc6n7-c6ccccc6)cc5c5cc(-c6ccc7c(c6)c6ccccc6n7-c6ccccc6)ccc54)cc3)n2)cc1. The highest BCUT2D eigenvalue weighted by molar-refractivity contribution is 6.18. The monoisotopic (exact) mass is 1600 g/mol. The van der Waals surface area contributed by atoms with Gasteiger partial charge in [-0.15, -0.1) is 0 Å². The third kappa shape index (κ3) is 11.3. The molecule has 0 saturated carbocycles. The second-order valence-electron chi connectivity index (χ2n) is 33.2. The van der Waals surface area contributed by atoms with Crippen LogP contribution in [0.5, 0.6) is 0 Å². The Morgan fingerprint density at radius 3 is 0.619 bits per heavy atom. The number of hydrogen-bond donors (Lipinski definition) is 0. The predicted molar refractivity (Wildman–Crippen MR) is 526 cm³/mol. The Hall–Kier alpha value is -16.9. The summed E-state index contributed by atoms with van der Waals surface area (Å²) in [5.41, 5.74) is 34.2. The van der Waals surface area contributed by atoms with Gasteiger partial charge >= 0.3 is 0 Å². The molecule has 8 nitrogen and oxygen atoms in total. The molecule has 0 aliphatic rings. The molecule has 7 heterocycles. The van der Waals surface area contributed by atoms with Gasteiger partial charge in [0.05, 0.1) is 77.6 Å². The molecular formula is C118H74N8. The van der Waals surface area contributed by atoms with Gasteiger partial charge < -0.3 is 27.4 Å². The molecular weight excluding hydrogens is 1530 g/mol. The second-order valence-corrected chi connectivity index (χ2v) is 33.2. The van der Waals surface area contributed by atoms with Gasteiger partial charge in [-0.05, 0) is 257 Å². The molecule has 0 fully saturated rings. The summed E-state index contributed by atoms with van der Waals surface area (Å²) in [7, 11) is 0. The van der Waals surface area contributed by atoms with Crippen LogP contribution >= 0.6 is 0 Å². The normalized spacial score (nSPS) is 12.0. The Kier molecular flexibility index (Phi) is 15.9. The van der Waals surface area contributed by atoms with Crippen molar-refractivity contribution >= 4 is 131 Å². The molecule has 0 spiro atoms. The Balaban J connectivity index is 0.603. The minimum absolute atomic E-state index is 0.634. The molecule has 0 atom stereocenters. The van der Waals surface area contributed by atoms with Crippen LogP contribution in [0.4, 0.5) is 0 Å². The molecule has 19 aromatic carbocycles. The highest BCUT2D eigenvalue weighted by atomic mass is 15.0. The quantitative estimate of drug-likeness (QED) is 0.116. The van der Waals surface area contributed by atoms with Gasteiger partial charge in [-0.2, -0.15) is 0 Å². The van der Waals surface area contributed by atoms with Crippen LogP contribution in [0.15, 0.2) is 449 Å². The highest BCUT2D eigenvalue weighted by Crippen LogP contribution is 2.46. The topological polar surface area (TPSA) is 55.4 Å². The van der Waals surface area contributed by atoms with Gasteiger partial charge in [0.25, 0.3) is 0 Å². The zero-order chi connectivity index (χ0) is 82.6. The molecule has 0 aliphatic heterocycles. The van der Waals surface area contributed by atoms with E-state index in [0.29, 0.717) is 5.82 Å². The molecule has 126 heavy (non-hydrogen) atoms. The lowest BCUT2D eigenvalue weighted by atomic mass is 9.98. The molecule has 586 valence electrons. The van der Waals surface area contributed by atoms with Crippen molar-refractivity contribution in [3.63, 3.8) is 0 Å². The number of hydrogen-bond acceptors (Lipinski definition) is 2. The van der Waals surface area contributed by atoms with E-state index in [0.717, 1.165) is 140 Å². The van der Waals surface area contributed by atoms with Crippen molar-refractivity contribution in [3.8, 4) is 113 Å². The van der Waals surface area contributed by atoms with E-state index in [-0.39, 0.29) is 0 Å². The Bertz CT molecular complexity index is 8500. The van der Waals surface area contributed by atoms with Crippen LogP contribution in [-0.4, -0.2) is 37.4 Å². The Labute approximate surface area is 724 Å². The van der Waals surface area contributed by atoms with Crippen LogP contribution in [0.2, 0.25) is 0 Å². The fraction of sp³-hybridized carbons (Fsp3) is 0. The maximum Gasteiger partial charge on any atom is 0.160 e. The highest BCUT2D eigenvalue weighted by Gasteiger charge is 2.24. The van der Waals surface area contributed by atoms with Gasteiger partial charge in [0.1, 0.15) is 0 Å². The van der Waals surface area contributed by atoms with Crippen molar-refractivity contribution in [2.24, 2.45) is 0 Å².